The van der Waals surface area contributed by atoms with Crippen LogP contribution >= 0.6 is 0 Å². The predicted molar refractivity (Wildman–Crippen MR) is 221 cm³/mol. The fourth-order valence-electron chi connectivity index (χ4n) is 4.50. The number of nitriles is 2. The van der Waals surface area contributed by atoms with Crippen LogP contribution in [0.15, 0.2) is 84.9 Å². The molecular weight excluding hydrogens is 935 g/mol. The molecule has 324 valence electrons. The van der Waals surface area contributed by atoms with E-state index in [9.17, 15) is 39.6 Å². The Bertz CT molecular complexity index is 1800. The van der Waals surface area contributed by atoms with Crippen LogP contribution in [0.1, 0.15) is 170 Å². The first-order chi connectivity index (χ1) is 26.7. The molecule has 4 aromatic carbocycles. The Labute approximate surface area is 383 Å². The zero-order chi connectivity index (χ0) is 45.6. The predicted octanol–water partition coefficient (Wildman–Crippen LogP) is 6.71. The number of benzene rings is 4. The van der Waals surface area contributed by atoms with Gasteiger partial charge in [-0.1, -0.05) is 129 Å². The summed E-state index contributed by atoms with van der Waals surface area (Å²) in [5.74, 6) is -4.27. The van der Waals surface area contributed by atoms with Crippen LogP contribution in [-0.4, -0.2) is 23.9 Å². The van der Waals surface area contributed by atoms with Crippen molar-refractivity contribution >= 4 is 23.9 Å². The van der Waals surface area contributed by atoms with Gasteiger partial charge in [-0.15, -0.1) is 0 Å². The smallest absolute Gasteiger partial charge is 0.545 e. The largest absolute Gasteiger partial charge is 2.00 e. The second-order valence-corrected chi connectivity index (χ2v) is 15.8. The molecule has 0 aliphatic carbocycles. The third-order valence-corrected chi connectivity index (χ3v) is 8.03. The molecule has 0 fully saturated rings. The van der Waals surface area contributed by atoms with Crippen molar-refractivity contribution in [2.75, 3.05) is 0 Å². The molecule has 0 radical (unpaired) electrons. The van der Waals surface area contributed by atoms with Crippen molar-refractivity contribution in [2.45, 2.75) is 120 Å². The summed E-state index contributed by atoms with van der Waals surface area (Å²) in [6, 6.07) is 28.7. The van der Waals surface area contributed by atoms with Gasteiger partial charge in [-0.3, -0.25) is 0 Å². The number of carboxylic acid groups (broad SMARTS) is 4. The van der Waals surface area contributed by atoms with Crippen LogP contribution in [0.3, 0.4) is 0 Å². The third kappa shape index (κ3) is 25.5. The van der Waals surface area contributed by atoms with Crippen LogP contribution in [0.5, 0.6) is 0 Å². The standard InChI is InChI=1S/2C12H14O4.2C10H14.2C2H3N.2Ru/c2*1-12(2,3)9-5-7(10(13)14)4-8(6-9)11(15)16;2*1-8(2)10-6-4-9(3)5-7-10;2*1-2-3;;/h2*4-6H,1-3H3,(H,13,14)(H,15,16);2*4-8H,1-3H3;2*1H3;;/q;;;;;;2*+2/p-4. The molecule has 0 heterocycles. The summed E-state index contributed by atoms with van der Waals surface area (Å²) in [5.41, 5.74) is 5.49. The van der Waals surface area contributed by atoms with E-state index in [-0.39, 0.29) is 72.0 Å². The van der Waals surface area contributed by atoms with Crippen LogP contribution in [0.4, 0.5) is 0 Å². The summed E-state index contributed by atoms with van der Waals surface area (Å²) in [5, 5.41) is 57.6. The van der Waals surface area contributed by atoms with E-state index in [1.807, 2.05) is 41.5 Å². The summed E-state index contributed by atoms with van der Waals surface area (Å²) in [6.07, 6.45) is 0. The Kier molecular flexibility index (Phi) is 30.9. The molecular formula is C48H58N2O8Ru2. The monoisotopic (exact) mass is 994 g/mol. The second-order valence-electron chi connectivity index (χ2n) is 15.8. The van der Waals surface area contributed by atoms with Gasteiger partial charge < -0.3 is 39.6 Å². The van der Waals surface area contributed by atoms with Gasteiger partial charge in [-0.05, 0) is 117 Å². The van der Waals surface area contributed by atoms with Crippen molar-refractivity contribution in [3.63, 3.8) is 0 Å². The van der Waals surface area contributed by atoms with Crippen molar-refractivity contribution < 1.29 is 78.6 Å². The van der Waals surface area contributed by atoms with E-state index in [0.29, 0.717) is 23.0 Å². The molecule has 0 aliphatic rings. The minimum Gasteiger partial charge on any atom is -0.545 e. The fourth-order valence-corrected chi connectivity index (χ4v) is 4.50. The van der Waals surface area contributed by atoms with Crippen LogP contribution in [-0.2, 0) is 49.8 Å². The van der Waals surface area contributed by atoms with Crippen molar-refractivity contribution in [1.82, 2.24) is 0 Å². The molecule has 0 unspecified atom stereocenters. The first kappa shape index (κ1) is 61.6. The average molecular weight is 993 g/mol. The quantitative estimate of drug-likeness (QED) is 0.187. The fraction of sp³-hybridized carbons (Fsp3) is 0.375. The number of carbonyl (C=O) groups is 4. The Hall–Kier alpha value is -5.01. The topological polar surface area (TPSA) is 208 Å². The van der Waals surface area contributed by atoms with E-state index in [2.05, 4.69) is 90.1 Å². The third-order valence-electron chi connectivity index (χ3n) is 8.03. The molecule has 0 N–H and O–H groups in total. The van der Waals surface area contributed by atoms with Crippen molar-refractivity contribution in [3.8, 4) is 12.1 Å². The van der Waals surface area contributed by atoms with Gasteiger partial charge in [0.15, 0.2) is 0 Å². The maximum absolute atomic E-state index is 10.7. The summed E-state index contributed by atoms with van der Waals surface area (Å²) in [6.45, 7) is 27.1. The number of carbonyl (C=O) groups excluding carboxylic acids is 4. The van der Waals surface area contributed by atoms with Crippen LogP contribution < -0.4 is 20.4 Å². The van der Waals surface area contributed by atoms with Crippen LogP contribution in [0.25, 0.3) is 0 Å². The Morgan fingerprint density at radius 2 is 0.650 bits per heavy atom. The molecule has 0 saturated heterocycles. The van der Waals surface area contributed by atoms with E-state index < -0.39 is 23.9 Å². The number of aromatic carboxylic acids is 4. The maximum Gasteiger partial charge on any atom is 2.00 e. The molecule has 60 heavy (non-hydrogen) atoms. The molecule has 0 bridgehead atoms. The number of carboxylic acids is 4. The minimum absolute atomic E-state index is 0. The molecule has 0 saturated carbocycles. The van der Waals surface area contributed by atoms with Crippen LogP contribution in [0.2, 0.25) is 0 Å². The van der Waals surface area contributed by atoms with Crippen LogP contribution in [0, 0.1) is 36.5 Å². The van der Waals surface area contributed by atoms with Crippen molar-refractivity contribution in [1.29, 1.82) is 10.5 Å². The van der Waals surface area contributed by atoms with Gasteiger partial charge in [-0.2, -0.15) is 10.5 Å². The molecule has 0 atom stereocenters. The van der Waals surface area contributed by atoms with Gasteiger partial charge in [0.05, 0.1) is 36.0 Å². The number of rotatable bonds is 6. The summed E-state index contributed by atoms with van der Waals surface area (Å²) in [7, 11) is 0. The van der Waals surface area contributed by atoms with E-state index >= 15 is 0 Å². The molecule has 12 heteroatoms. The van der Waals surface area contributed by atoms with Gasteiger partial charge in [0.25, 0.3) is 0 Å². The Morgan fingerprint density at radius 1 is 0.467 bits per heavy atom. The number of aryl methyl sites for hydroxylation is 2. The molecule has 0 amide bonds. The molecule has 0 aromatic heterocycles. The average Bonchev–Trinajstić information content (AvgIpc) is 3.12. The van der Waals surface area contributed by atoms with E-state index in [1.165, 1.54) is 60.4 Å². The minimum atomic E-state index is -1.39. The Balaban J connectivity index is -0.000000335. The number of nitrogens with zero attached hydrogens (tertiary/aromatic N) is 2. The molecule has 10 nitrogen and oxygen atoms in total. The SMILES string of the molecule is CC#N.CC#N.CC(C)(C)c1cc(C(=O)[O-])cc(C(=O)[O-])c1.CC(C)(C)c1cc(C(=O)[O-])cc(C(=O)[O-])c1.Cc1ccc(C(C)C)cc1.Cc1ccc(C(C)C)cc1.[Ru+2].[Ru+2]. The summed E-state index contributed by atoms with van der Waals surface area (Å²) < 4.78 is 0. The zero-order valence-corrected chi connectivity index (χ0v) is 40.6. The van der Waals surface area contributed by atoms with E-state index in [1.54, 1.807) is 12.1 Å². The number of hydrogen-bond acceptors (Lipinski definition) is 10. The molecule has 4 aromatic rings. The van der Waals surface area contributed by atoms with Gasteiger partial charge in [0, 0.05) is 13.8 Å². The van der Waals surface area contributed by atoms with Gasteiger partial charge in [0.1, 0.15) is 0 Å². The molecule has 0 aliphatic heterocycles. The second kappa shape index (κ2) is 30.1. The van der Waals surface area contributed by atoms with E-state index in [4.69, 9.17) is 10.5 Å². The summed E-state index contributed by atoms with van der Waals surface area (Å²) >= 11 is 0. The van der Waals surface area contributed by atoms with Gasteiger partial charge in [-0.25, -0.2) is 0 Å². The zero-order valence-electron chi connectivity index (χ0n) is 37.1. The van der Waals surface area contributed by atoms with Gasteiger partial charge >= 0.3 is 39.0 Å². The van der Waals surface area contributed by atoms with Crippen molar-refractivity contribution in [2.24, 2.45) is 0 Å². The van der Waals surface area contributed by atoms with E-state index in [0.717, 1.165) is 12.1 Å². The molecule has 4 rings (SSSR count). The molecule has 0 spiro atoms. The first-order valence-electron chi connectivity index (χ1n) is 18.6. The van der Waals surface area contributed by atoms with Gasteiger partial charge in [0.2, 0.25) is 0 Å². The first-order valence-corrected chi connectivity index (χ1v) is 18.6. The normalized spacial score (nSPS) is 9.70. The summed E-state index contributed by atoms with van der Waals surface area (Å²) in [4.78, 5) is 42.9. The maximum atomic E-state index is 10.7. The number of hydrogen-bond donors (Lipinski definition) is 0. The Morgan fingerprint density at radius 3 is 0.783 bits per heavy atom. The van der Waals surface area contributed by atoms with Crippen molar-refractivity contribution in [3.05, 3.63) is 141 Å².